The molecular weight excluding hydrogens is 198 g/mol. The van der Waals surface area contributed by atoms with Crippen molar-refractivity contribution in [2.45, 2.75) is 73.0 Å². The van der Waals surface area contributed by atoms with Crippen molar-refractivity contribution < 1.29 is 4.74 Å². The first-order valence-electron chi connectivity index (χ1n) is 6.51. The fourth-order valence-electron chi connectivity index (χ4n) is 1.49. The Labute approximate surface area is 102 Å². The standard InChI is InChI=1S/C14H31NO/c1-8-15-12(9-10-13(2,3)4)11-16-14(5,6)7/h12,15H,8-11H2,1-7H3. The van der Waals surface area contributed by atoms with Crippen molar-refractivity contribution in [2.24, 2.45) is 5.41 Å². The lowest BCUT2D eigenvalue weighted by atomic mass is 9.89. The molecule has 0 aliphatic carbocycles. The third kappa shape index (κ3) is 10.4. The van der Waals surface area contributed by atoms with Gasteiger partial charge < -0.3 is 10.1 Å². The average molecular weight is 229 g/mol. The van der Waals surface area contributed by atoms with Gasteiger partial charge in [-0.25, -0.2) is 0 Å². The minimum absolute atomic E-state index is 0.0323. The van der Waals surface area contributed by atoms with Crippen LogP contribution in [0.1, 0.15) is 61.3 Å². The number of nitrogens with one attached hydrogen (secondary N) is 1. The molecule has 0 bridgehead atoms. The van der Waals surface area contributed by atoms with Crippen LogP contribution in [0.5, 0.6) is 0 Å². The molecule has 0 amide bonds. The van der Waals surface area contributed by atoms with Crippen LogP contribution in [0.3, 0.4) is 0 Å². The fourth-order valence-corrected chi connectivity index (χ4v) is 1.49. The zero-order valence-electron chi connectivity index (χ0n) is 12.3. The van der Waals surface area contributed by atoms with E-state index in [9.17, 15) is 0 Å². The molecule has 2 nitrogen and oxygen atoms in total. The van der Waals surface area contributed by atoms with Crippen LogP contribution in [0.15, 0.2) is 0 Å². The van der Waals surface area contributed by atoms with Crippen molar-refractivity contribution in [1.82, 2.24) is 5.32 Å². The summed E-state index contributed by atoms with van der Waals surface area (Å²) in [5.74, 6) is 0. The third-order valence-electron chi connectivity index (χ3n) is 2.45. The highest BCUT2D eigenvalue weighted by Crippen LogP contribution is 2.22. The first kappa shape index (κ1) is 15.9. The van der Waals surface area contributed by atoms with E-state index in [-0.39, 0.29) is 5.60 Å². The molecule has 0 rings (SSSR count). The quantitative estimate of drug-likeness (QED) is 0.751. The summed E-state index contributed by atoms with van der Waals surface area (Å²) in [6, 6.07) is 0.489. The molecule has 0 radical (unpaired) electrons. The van der Waals surface area contributed by atoms with Crippen molar-refractivity contribution in [1.29, 1.82) is 0 Å². The molecule has 1 unspecified atom stereocenters. The van der Waals surface area contributed by atoms with Crippen LogP contribution >= 0.6 is 0 Å². The number of ether oxygens (including phenoxy) is 1. The molecule has 16 heavy (non-hydrogen) atoms. The van der Waals surface area contributed by atoms with E-state index in [1.54, 1.807) is 0 Å². The lowest BCUT2D eigenvalue weighted by molar-refractivity contribution is -0.0162. The summed E-state index contributed by atoms with van der Waals surface area (Å²) in [7, 11) is 0. The molecule has 98 valence electrons. The van der Waals surface area contributed by atoms with Gasteiger partial charge in [0.15, 0.2) is 0 Å². The van der Waals surface area contributed by atoms with Gasteiger partial charge in [0, 0.05) is 6.04 Å². The van der Waals surface area contributed by atoms with E-state index in [1.165, 1.54) is 12.8 Å². The van der Waals surface area contributed by atoms with Crippen molar-refractivity contribution in [3.63, 3.8) is 0 Å². The Morgan fingerprint density at radius 3 is 2.00 bits per heavy atom. The van der Waals surface area contributed by atoms with Crippen molar-refractivity contribution in [2.75, 3.05) is 13.2 Å². The largest absolute Gasteiger partial charge is 0.374 e. The summed E-state index contributed by atoms with van der Waals surface area (Å²) in [6.07, 6.45) is 2.42. The van der Waals surface area contributed by atoms with E-state index in [4.69, 9.17) is 4.74 Å². The van der Waals surface area contributed by atoms with E-state index in [0.717, 1.165) is 13.2 Å². The van der Waals surface area contributed by atoms with Crippen LogP contribution in [0.4, 0.5) is 0 Å². The van der Waals surface area contributed by atoms with Gasteiger partial charge in [-0.1, -0.05) is 27.7 Å². The van der Waals surface area contributed by atoms with Crippen LogP contribution in [0.25, 0.3) is 0 Å². The molecule has 0 heterocycles. The zero-order chi connectivity index (χ0) is 12.8. The Morgan fingerprint density at radius 1 is 1.06 bits per heavy atom. The second kappa shape index (κ2) is 6.61. The number of hydrogen-bond acceptors (Lipinski definition) is 2. The number of likely N-dealkylation sites (N-methyl/N-ethyl adjacent to an activating group) is 1. The highest BCUT2D eigenvalue weighted by atomic mass is 16.5. The maximum absolute atomic E-state index is 5.85. The first-order chi connectivity index (χ1) is 7.14. The zero-order valence-corrected chi connectivity index (χ0v) is 12.3. The van der Waals surface area contributed by atoms with Crippen molar-refractivity contribution >= 4 is 0 Å². The number of rotatable bonds is 6. The molecule has 0 aromatic rings. The molecule has 0 spiro atoms. The summed E-state index contributed by atoms with van der Waals surface area (Å²) in [6.45, 7) is 17.2. The average Bonchev–Trinajstić information content (AvgIpc) is 2.07. The van der Waals surface area contributed by atoms with E-state index in [0.29, 0.717) is 11.5 Å². The minimum Gasteiger partial charge on any atom is -0.374 e. The van der Waals surface area contributed by atoms with Gasteiger partial charge in [-0.05, 0) is 45.6 Å². The van der Waals surface area contributed by atoms with Crippen LogP contribution < -0.4 is 5.32 Å². The van der Waals surface area contributed by atoms with Gasteiger partial charge in [0.2, 0.25) is 0 Å². The Kier molecular flexibility index (Phi) is 6.57. The molecular formula is C14H31NO. The maximum atomic E-state index is 5.85. The van der Waals surface area contributed by atoms with E-state index in [1.807, 2.05) is 0 Å². The molecule has 0 aliphatic heterocycles. The normalized spacial score (nSPS) is 15.2. The van der Waals surface area contributed by atoms with Gasteiger partial charge >= 0.3 is 0 Å². The van der Waals surface area contributed by atoms with Crippen LogP contribution in [0.2, 0.25) is 0 Å². The summed E-state index contributed by atoms with van der Waals surface area (Å²) < 4.78 is 5.85. The first-order valence-corrected chi connectivity index (χ1v) is 6.51. The third-order valence-corrected chi connectivity index (χ3v) is 2.45. The molecule has 1 N–H and O–H groups in total. The lowest BCUT2D eigenvalue weighted by Gasteiger charge is -2.27. The molecule has 1 atom stereocenters. The molecule has 0 saturated carbocycles. The van der Waals surface area contributed by atoms with Gasteiger partial charge in [-0.3, -0.25) is 0 Å². The summed E-state index contributed by atoms with van der Waals surface area (Å²) in [4.78, 5) is 0. The summed E-state index contributed by atoms with van der Waals surface area (Å²) in [5, 5.41) is 3.50. The highest BCUT2D eigenvalue weighted by molar-refractivity contribution is 4.72. The van der Waals surface area contributed by atoms with Crippen LogP contribution in [-0.2, 0) is 4.74 Å². The van der Waals surface area contributed by atoms with Gasteiger partial charge in [-0.15, -0.1) is 0 Å². The molecule has 0 fully saturated rings. The van der Waals surface area contributed by atoms with E-state index in [2.05, 4.69) is 53.8 Å². The van der Waals surface area contributed by atoms with E-state index < -0.39 is 0 Å². The Morgan fingerprint density at radius 2 is 1.62 bits per heavy atom. The Balaban J connectivity index is 3.98. The van der Waals surface area contributed by atoms with Crippen molar-refractivity contribution in [3.8, 4) is 0 Å². The molecule has 2 heteroatoms. The van der Waals surface area contributed by atoms with Gasteiger partial charge in [0.05, 0.1) is 12.2 Å². The van der Waals surface area contributed by atoms with Crippen LogP contribution in [-0.4, -0.2) is 24.8 Å². The van der Waals surface area contributed by atoms with Crippen LogP contribution in [0, 0.1) is 5.41 Å². The van der Waals surface area contributed by atoms with Crippen molar-refractivity contribution in [3.05, 3.63) is 0 Å². The monoisotopic (exact) mass is 229 g/mol. The Hall–Kier alpha value is -0.0800. The highest BCUT2D eigenvalue weighted by Gasteiger charge is 2.17. The molecule has 0 aromatic heterocycles. The molecule has 0 saturated heterocycles. The predicted octanol–water partition coefficient (Wildman–Crippen LogP) is 3.61. The smallest absolute Gasteiger partial charge is 0.0626 e. The SMILES string of the molecule is CCNC(CCC(C)(C)C)COC(C)(C)C. The number of hydrogen-bond donors (Lipinski definition) is 1. The lowest BCUT2D eigenvalue weighted by Crippen LogP contribution is -2.37. The summed E-state index contributed by atoms with van der Waals surface area (Å²) >= 11 is 0. The second-order valence-corrected chi connectivity index (χ2v) is 6.78. The van der Waals surface area contributed by atoms with Gasteiger partial charge in [-0.2, -0.15) is 0 Å². The second-order valence-electron chi connectivity index (χ2n) is 6.78. The van der Waals surface area contributed by atoms with Gasteiger partial charge in [0.25, 0.3) is 0 Å². The minimum atomic E-state index is -0.0323. The Bertz CT molecular complexity index is 158. The topological polar surface area (TPSA) is 21.3 Å². The van der Waals surface area contributed by atoms with Gasteiger partial charge in [0.1, 0.15) is 0 Å². The fraction of sp³-hybridized carbons (Fsp3) is 1.00. The molecule has 0 aromatic carbocycles. The maximum Gasteiger partial charge on any atom is 0.0626 e. The predicted molar refractivity (Wildman–Crippen MR) is 71.9 cm³/mol. The summed E-state index contributed by atoms with van der Waals surface area (Å²) in [5.41, 5.74) is 0.380. The molecule has 0 aliphatic rings. The van der Waals surface area contributed by atoms with E-state index >= 15 is 0 Å².